The van der Waals surface area contributed by atoms with Crippen molar-refractivity contribution < 1.29 is 52.9 Å². The molecule has 7 atom stereocenters. The first kappa shape index (κ1) is 37.6. The first-order valence-electron chi connectivity index (χ1n) is 15.8. The zero-order valence-electron chi connectivity index (χ0n) is 27.4. The summed E-state index contributed by atoms with van der Waals surface area (Å²) in [6.45, 7) is 11.3. The molecule has 3 aliphatic rings. The number of phosphoric ester groups is 1. The number of carbonyl (C=O) groups is 3. The topological polar surface area (TPSA) is 190 Å². The van der Waals surface area contributed by atoms with Gasteiger partial charge in [-0.05, 0) is 69.8 Å². The number of aryl methyl sites for hydroxylation is 1. The maximum atomic E-state index is 12.9. The number of aldehydes is 1. The lowest BCUT2D eigenvalue weighted by molar-refractivity contribution is -0.166. The van der Waals surface area contributed by atoms with E-state index >= 15 is 0 Å². The average Bonchev–Trinajstić information content (AvgIpc) is 2.96. The van der Waals surface area contributed by atoms with E-state index in [1.54, 1.807) is 0 Å². The van der Waals surface area contributed by atoms with E-state index in [1.165, 1.54) is 18.7 Å². The molecule has 46 heavy (non-hydrogen) atoms. The van der Waals surface area contributed by atoms with Crippen molar-refractivity contribution in [3.05, 3.63) is 46.8 Å². The highest BCUT2D eigenvalue weighted by atomic mass is 31.2. The van der Waals surface area contributed by atoms with E-state index in [0.717, 1.165) is 25.7 Å². The number of aromatic hydroxyl groups is 1. The third-order valence-corrected chi connectivity index (χ3v) is 9.68. The van der Waals surface area contributed by atoms with Crippen LogP contribution in [0.3, 0.4) is 0 Å². The number of rotatable bonds is 10. The average molecular weight is 666 g/mol. The van der Waals surface area contributed by atoms with Gasteiger partial charge in [0.1, 0.15) is 18.0 Å². The second-order valence-corrected chi connectivity index (χ2v) is 14.5. The zero-order valence-corrected chi connectivity index (χ0v) is 28.3. The van der Waals surface area contributed by atoms with Crippen LogP contribution in [0.4, 0.5) is 0 Å². The van der Waals surface area contributed by atoms with E-state index < -0.39 is 25.9 Å². The number of pyridine rings is 1. The Morgan fingerprint density at radius 2 is 1.91 bits per heavy atom. The summed E-state index contributed by atoms with van der Waals surface area (Å²) in [5.74, 6) is 0.458. The predicted octanol–water partition coefficient (Wildman–Crippen LogP) is 5.10. The summed E-state index contributed by atoms with van der Waals surface area (Å²) in [5, 5.41) is 19.4. The monoisotopic (exact) mass is 665 g/mol. The SMILES string of the molecule is CCC(C)(C)C(=O)O[C@H]1C[C@@H](C)C=C2C=C[C@H](C)[C@H](CC[C@@H]3C[C@@H](O)CC(=O)O3)[C@H]21.Cc1ncc(COP(=O)(O)O)c(C=O)c1O. The van der Waals surface area contributed by atoms with Crippen molar-refractivity contribution in [2.24, 2.45) is 29.1 Å². The molecule has 1 aliphatic heterocycles. The summed E-state index contributed by atoms with van der Waals surface area (Å²) in [7, 11) is -4.61. The minimum absolute atomic E-state index is 0.0825. The van der Waals surface area contributed by atoms with Crippen LogP contribution in [0.15, 0.2) is 30.0 Å². The van der Waals surface area contributed by atoms with Gasteiger partial charge in [0.25, 0.3) is 0 Å². The van der Waals surface area contributed by atoms with Crippen molar-refractivity contribution in [3.8, 4) is 5.75 Å². The maximum Gasteiger partial charge on any atom is 0.469 e. The van der Waals surface area contributed by atoms with E-state index in [0.29, 0.717) is 30.5 Å². The van der Waals surface area contributed by atoms with Gasteiger partial charge < -0.3 is 29.5 Å². The summed E-state index contributed by atoms with van der Waals surface area (Å²) >= 11 is 0. The number of aromatic nitrogens is 1. The molecular formula is C33H48NO11P. The molecule has 4 N–H and O–H groups in total. The van der Waals surface area contributed by atoms with Crippen molar-refractivity contribution in [2.45, 2.75) is 105 Å². The predicted molar refractivity (Wildman–Crippen MR) is 168 cm³/mol. The van der Waals surface area contributed by atoms with Crippen molar-refractivity contribution in [2.75, 3.05) is 0 Å². The van der Waals surface area contributed by atoms with E-state index in [-0.39, 0.29) is 59.1 Å². The van der Waals surface area contributed by atoms with E-state index in [1.807, 2.05) is 20.8 Å². The number of fused-ring (bicyclic) bond motifs is 1. The van der Waals surface area contributed by atoms with Crippen LogP contribution in [0.5, 0.6) is 5.75 Å². The van der Waals surface area contributed by atoms with Crippen LogP contribution in [0.25, 0.3) is 0 Å². The molecule has 12 nitrogen and oxygen atoms in total. The number of cyclic esters (lactones) is 1. The molecule has 0 spiro atoms. The second kappa shape index (κ2) is 15.8. The van der Waals surface area contributed by atoms with Crippen molar-refractivity contribution in [1.82, 2.24) is 4.98 Å². The molecule has 13 heteroatoms. The largest absolute Gasteiger partial charge is 0.505 e. The molecule has 1 saturated heterocycles. The summed E-state index contributed by atoms with van der Waals surface area (Å²) in [5.41, 5.74) is 1.07. The highest BCUT2D eigenvalue weighted by Crippen LogP contribution is 2.46. The molecule has 0 radical (unpaired) electrons. The number of allylic oxidation sites excluding steroid dienone is 3. The van der Waals surface area contributed by atoms with Crippen LogP contribution in [-0.4, -0.2) is 61.5 Å². The Morgan fingerprint density at radius 3 is 2.52 bits per heavy atom. The van der Waals surface area contributed by atoms with Crippen LogP contribution in [-0.2, 0) is 34.8 Å². The zero-order chi connectivity index (χ0) is 34.4. The lowest BCUT2D eigenvalue weighted by Gasteiger charge is -2.44. The molecule has 1 aromatic rings. The van der Waals surface area contributed by atoms with Gasteiger partial charge in [0.15, 0.2) is 6.29 Å². The van der Waals surface area contributed by atoms with Crippen molar-refractivity contribution in [1.29, 1.82) is 0 Å². The highest BCUT2D eigenvalue weighted by molar-refractivity contribution is 7.46. The normalized spacial score (nSPS) is 27.8. The van der Waals surface area contributed by atoms with E-state index in [4.69, 9.17) is 19.3 Å². The standard InChI is InChI=1S/C25H38O5.C8H10NO6P/c1-6-25(4,5)24(28)30-21-12-15(2)11-17-8-7-16(3)20(23(17)21)10-9-19-13-18(26)14-22(27)29-19;1-5-8(11)7(3-10)6(2-9-5)4-15-16(12,13)14/h7-8,11,15-16,18-21,23,26H,6,9-10,12-14H2,1-5H3;2-3,11H,4H2,1H3,(H2,12,13,14)/t15-,16-,18+,19+,20-,21-,23-;/m0./s1. The van der Waals surface area contributed by atoms with Gasteiger partial charge in [-0.3, -0.25) is 23.9 Å². The molecule has 0 saturated carbocycles. The first-order chi connectivity index (χ1) is 21.4. The Bertz CT molecular complexity index is 1370. The van der Waals surface area contributed by atoms with Gasteiger partial charge in [0.2, 0.25) is 0 Å². The number of aliphatic hydroxyl groups excluding tert-OH is 1. The molecule has 0 unspecified atom stereocenters. The lowest BCUT2D eigenvalue weighted by Crippen LogP contribution is -2.43. The molecule has 256 valence electrons. The molecule has 4 rings (SSSR count). The molecule has 0 bridgehead atoms. The fourth-order valence-corrected chi connectivity index (χ4v) is 6.44. The smallest absolute Gasteiger partial charge is 0.469 e. The quantitative estimate of drug-likeness (QED) is 0.147. The van der Waals surface area contributed by atoms with E-state index in [2.05, 4.69) is 41.6 Å². The Morgan fingerprint density at radius 1 is 1.22 bits per heavy atom. The number of ether oxygens (including phenoxy) is 2. The third-order valence-electron chi connectivity index (χ3n) is 9.21. The molecular weight excluding hydrogens is 617 g/mol. The van der Waals surface area contributed by atoms with Crippen LogP contribution in [0.2, 0.25) is 0 Å². The summed E-state index contributed by atoms with van der Waals surface area (Å²) in [6, 6.07) is 0. The number of hydrogen-bond acceptors (Lipinski definition) is 10. The number of carbonyl (C=O) groups excluding carboxylic acids is 3. The number of hydrogen-bond donors (Lipinski definition) is 4. The second-order valence-electron chi connectivity index (χ2n) is 13.3. The number of aliphatic hydroxyl groups is 1. The fraction of sp³-hybridized carbons (Fsp3) is 0.636. The van der Waals surface area contributed by atoms with Crippen LogP contribution in [0.1, 0.15) is 94.8 Å². The molecule has 2 aliphatic carbocycles. The lowest BCUT2D eigenvalue weighted by atomic mass is 9.65. The van der Waals surface area contributed by atoms with Gasteiger partial charge in [-0.1, -0.05) is 39.0 Å². The summed E-state index contributed by atoms with van der Waals surface area (Å²) in [4.78, 5) is 56.0. The Kier molecular flexibility index (Phi) is 12.9. The summed E-state index contributed by atoms with van der Waals surface area (Å²) in [6.07, 6.45) is 11.2. The van der Waals surface area contributed by atoms with Crippen molar-refractivity contribution in [3.63, 3.8) is 0 Å². The molecule has 2 heterocycles. The van der Waals surface area contributed by atoms with Gasteiger partial charge in [-0.2, -0.15) is 0 Å². The van der Waals surface area contributed by atoms with Crippen LogP contribution < -0.4 is 0 Å². The van der Waals surface area contributed by atoms with Gasteiger partial charge in [-0.15, -0.1) is 0 Å². The Labute approximate surface area is 270 Å². The van der Waals surface area contributed by atoms with Gasteiger partial charge in [0, 0.05) is 24.1 Å². The molecule has 1 fully saturated rings. The van der Waals surface area contributed by atoms with E-state index in [9.17, 15) is 29.2 Å². The Hall–Kier alpha value is -2.89. The van der Waals surface area contributed by atoms with Gasteiger partial charge >= 0.3 is 19.8 Å². The first-order valence-corrected chi connectivity index (χ1v) is 17.3. The molecule has 0 aromatic carbocycles. The molecule has 1 aromatic heterocycles. The maximum absolute atomic E-state index is 12.9. The number of nitrogens with zero attached hydrogens (tertiary/aromatic N) is 1. The third kappa shape index (κ3) is 10.1. The van der Waals surface area contributed by atoms with Gasteiger partial charge in [-0.25, -0.2) is 4.57 Å². The molecule has 0 amide bonds. The minimum Gasteiger partial charge on any atom is -0.505 e. The van der Waals surface area contributed by atoms with Crippen molar-refractivity contribution >= 4 is 26.0 Å². The van der Waals surface area contributed by atoms with Crippen LogP contribution >= 0.6 is 7.82 Å². The van der Waals surface area contributed by atoms with Gasteiger partial charge in [0.05, 0.1) is 35.8 Å². The summed E-state index contributed by atoms with van der Waals surface area (Å²) < 4.78 is 26.3. The van der Waals surface area contributed by atoms with Crippen LogP contribution in [0, 0.1) is 36.0 Å². The number of esters is 2. The Balaban J connectivity index is 0.000000304. The minimum atomic E-state index is -4.61. The number of phosphoric acid groups is 1. The fourth-order valence-electron chi connectivity index (χ4n) is 6.13. The highest BCUT2D eigenvalue weighted by Gasteiger charge is 2.43.